The third-order valence-corrected chi connectivity index (χ3v) is 4.43. The van der Waals surface area contributed by atoms with Crippen LogP contribution in [0.15, 0.2) is 28.7 Å². The Balaban J connectivity index is 2.26. The van der Waals surface area contributed by atoms with Crippen LogP contribution in [0, 0.1) is 13.8 Å². The molecule has 0 aliphatic heterocycles. The molecule has 23 heavy (non-hydrogen) atoms. The average Bonchev–Trinajstić information content (AvgIpc) is 2.51. The first kappa shape index (κ1) is 17.4. The quantitative estimate of drug-likeness (QED) is 0.857. The molecule has 6 heteroatoms. The van der Waals surface area contributed by atoms with Gasteiger partial charge in [0.2, 0.25) is 0 Å². The van der Waals surface area contributed by atoms with Crippen LogP contribution >= 0.6 is 15.9 Å². The van der Waals surface area contributed by atoms with Crippen molar-refractivity contribution in [2.24, 2.45) is 0 Å². The van der Waals surface area contributed by atoms with E-state index in [1.54, 1.807) is 13.0 Å². The van der Waals surface area contributed by atoms with Crippen molar-refractivity contribution < 1.29 is 4.79 Å². The number of aryl methyl sites for hydroxylation is 2. The van der Waals surface area contributed by atoms with Crippen LogP contribution in [0.25, 0.3) is 0 Å². The summed E-state index contributed by atoms with van der Waals surface area (Å²) in [5.74, 6) is 1.13. The molecule has 1 aromatic carbocycles. The molecule has 0 unspecified atom stereocenters. The topological polar surface area (TPSA) is 58.1 Å². The summed E-state index contributed by atoms with van der Waals surface area (Å²) in [5.41, 5.74) is 2.22. The Kier molecular flexibility index (Phi) is 5.71. The van der Waals surface area contributed by atoms with Crippen LogP contribution in [0.5, 0.6) is 0 Å². The van der Waals surface area contributed by atoms with Gasteiger partial charge in [0.05, 0.1) is 0 Å². The zero-order valence-electron chi connectivity index (χ0n) is 13.9. The number of hydrogen-bond acceptors (Lipinski definition) is 4. The Morgan fingerprint density at radius 3 is 2.48 bits per heavy atom. The fourth-order valence-electron chi connectivity index (χ4n) is 2.24. The predicted octanol–water partition coefficient (Wildman–Crippen LogP) is 3.95. The molecule has 5 nitrogen and oxygen atoms in total. The number of anilines is 2. The van der Waals surface area contributed by atoms with Crippen molar-refractivity contribution in [2.45, 2.75) is 27.7 Å². The molecular formula is C17H21BrN4O. The van der Waals surface area contributed by atoms with Crippen LogP contribution in [0.2, 0.25) is 0 Å². The van der Waals surface area contributed by atoms with Crippen molar-refractivity contribution in [3.8, 4) is 0 Å². The van der Waals surface area contributed by atoms with E-state index in [1.807, 2.05) is 25.1 Å². The van der Waals surface area contributed by atoms with Gasteiger partial charge in [-0.3, -0.25) is 4.79 Å². The van der Waals surface area contributed by atoms with Gasteiger partial charge in [-0.2, -0.15) is 0 Å². The molecule has 2 aromatic rings. The average molecular weight is 377 g/mol. The predicted molar refractivity (Wildman–Crippen MR) is 97.2 cm³/mol. The third-order valence-electron chi connectivity index (χ3n) is 3.57. The van der Waals surface area contributed by atoms with Crippen LogP contribution in [0.1, 0.15) is 35.7 Å². The van der Waals surface area contributed by atoms with Gasteiger partial charge in [0, 0.05) is 29.3 Å². The van der Waals surface area contributed by atoms with Crippen molar-refractivity contribution in [3.05, 3.63) is 45.8 Å². The molecule has 0 atom stereocenters. The SMILES string of the molecule is CCN(CC)c1cc(C(=O)Nc2ccc(C)c(Br)c2)nc(C)n1. The first-order valence-corrected chi connectivity index (χ1v) is 8.42. The first-order valence-electron chi connectivity index (χ1n) is 7.62. The highest BCUT2D eigenvalue weighted by Crippen LogP contribution is 2.21. The number of amides is 1. The molecule has 2 rings (SSSR count). The Morgan fingerprint density at radius 2 is 1.87 bits per heavy atom. The minimum atomic E-state index is -0.236. The van der Waals surface area contributed by atoms with Gasteiger partial charge in [-0.15, -0.1) is 0 Å². The summed E-state index contributed by atoms with van der Waals surface area (Å²) < 4.78 is 0.956. The molecule has 0 bridgehead atoms. The van der Waals surface area contributed by atoms with Crippen molar-refractivity contribution >= 4 is 33.3 Å². The molecule has 0 aliphatic carbocycles. The van der Waals surface area contributed by atoms with Gasteiger partial charge >= 0.3 is 0 Å². The second-order valence-electron chi connectivity index (χ2n) is 5.25. The summed E-state index contributed by atoms with van der Waals surface area (Å²) in [6.07, 6.45) is 0. The van der Waals surface area contributed by atoms with Crippen molar-refractivity contribution in [1.29, 1.82) is 0 Å². The summed E-state index contributed by atoms with van der Waals surface area (Å²) in [5, 5.41) is 2.88. The van der Waals surface area contributed by atoms with Crippen molar-refractivity contribution in [1.82, 2.24) is 9.97 Å². The van der Waals surface area contributed by atoms with E-state index in [9.17, 15) is 4.79 Å². The third kappa shape index (κ3) is 4.28. The number of hydrogen-bond donors (Lipinski definition) is 1. The normalized spacial score (nSPS) is 10.5. The van der Waals surface area contributed by atoms with Gasteiger partial charge < -0.3 is 10.2 Å². The second-order valence-corrected chi connectivity index (χ2v) is 6.10. The van der Waals surface area contributed by atoms with E-state index in [0.717, 1.165) is 34.6 Å². The van der Waals surface area contributed by atoms with Crippen LogP contribution in [-0.4, -0.2) is 29.0 Å². The summed E-state index contributed by atoms with van der Waals surface area (Å²) in [7, 11) is 0. The minimum absolute atomic E-state index is 0.236. The van der Waals surface area contributed by atoms with Crippen LogP contribution in [0.3, 0.4) is 0 Å². The minimum Gasteiger partial charge on any atom is -0.357 e. The fraction of sp³-hybridized carbons (Fsp3) is 0.353. The second kappa shape index (κ2) is 7.55. The van der Waals surface area contributed by atoms with Gasteiger partial charge in [-0.1, -0.05) is 22.0 Å². The molecular weight excluding hydrogens is 356 g/mol. The number of halogens is 1. The highest BCUT2D eigenvalue weighted by molar-refractivity contribution is 9.10. The molecule has 0 aliphatic rings. The molecule has 0 fully saturated rings. The maximum atomic E-state index is 12.5. The lowest BCUT2D eigenvalue weighted by atomic mass is 10.2. The molecule has 1 aromatic heterocycles. The fourth-order valence-corrected chi connectivity index (χ4v) is 2.62. The van der Waals surface area contributed by atoms with E-state index in [-0.39, 0.29) is 5.91 Å². The van der Waals surface area contributed by atoms with Crippen molar-refractivity contribution in [3.63, 3.8) is 0 Å². The molecule has 0 radical (unpaired) electrons. The standard InChI is InChI=1S/C17H21BrN4O/c1-5-22(6-2)16-10-15(19-12(4)20-16)17(23)21-13-8-7-11(3)14(18)9-13/h7-10H,5-6H2,1-4H3,(H,21,23). The maximum Gasteiger partial charge on any atom is 0.274 e. The molecule has 0 spiro atoms. The van der Waals surface area contributed by atoms with Crippen molar-refractivity contribution in [2.75, 3.05) is 23.3 Å². The number of aromatic nitrogens is 2. The van der Waals surface area contributed by atoms with Crippen LogP contribution in [0.4, 0.5) is 11.5 Å². The number of benzene rings is 1. The monoisotopic (exact) mass is 376 g/mol. The lowest BCUT2D eigenvalue weighted by Gasteiger charge is -2.20. The largest absolute Gasteiger partial charge is 0.357 e. The number of nitrogens with zero attached hydrogens (tertiary/aromatic N) is 3. The zero-order valence-corrected chi connectivity index (χ0v) is 15.4. The molecule has 0 saturated heterocycles. The summed E-state index contributed by atoms with van der Waals surface area (Å²) >= 11 is 3.47. The molecule has 122 valence electrons. The molecule has 1 N–H and O–H groups in total. The van der Waals surface area contributed by atoms with Gasteiger partial charge in [-0.05, 0) is 45.4 Å². The number of carbonyl (C=O) groups is 1. The molecule has 1 heterocycles. The highest BCUT2D eigenvalue weighted by Gasteiger charge is 2.13. The van der Waals surface area contributed by atoms with E-state index in [1.165, 1.54) is 0 Å². The lowest BCUT2D eigenvalue weighted by Crippen LogP contribution is -2.24. The van der Waals surface area contributed by atoms with Gasteiger partial charge in [0.15, 0.2) is 0 Å². The summed E-state index contributed by atoms with van der Waals surface area (Å²) in [6, 6.07) is 7.44. The van der Waals surface area contributed by atoms with Gasteiger partial charge in [-0.25, -0.2) is 9.97 Å². The molecule has 1 amide bonds. The number of nitrogens with one attached hydrogen (secondary N) is 1. The van der Waals surface area contributed by atoms with E-state index >= 15 is 0 Å². The van der Waals surface area contributed by atoms with Crippen LogP contribution < -0.4 is 10.2 Å². The van der Waals surface area contributed by atoms with E-state index in [0.29, 0.717) is 11.5 Å². The Bertz CT molecular complexity index is 714. The number of carbonyl (C=O) groups excluding carboxylic acids is 1. The van der Waals surface area contributed by atoms with E-state index in [2.05, 4.69) is 50.0 Å². The highest BCUT2D eigenvalue weighted by atomic mass is 79.9. The lowest BCUT2D eigenvalue weighted by molar-refractivity contribution is 0.102. The van der Waals surface area contributed by atoms with Crippen LogP contribution in [-0.2, 0) is 0 Å². The summed E-state index contributed by atoms with van der Waals surface area (Å²) in [6.45, 7) is 9.58. The zero-order chi connectivity index (χ0) is 17.0. The first-order chi connectivity index (χ1) is 10.9. The maximum absolute atomic E-state index is 12.5. The summed E-state index contributed by atoms with van der Waals surface area (Å²) in [4.78, 5) is 23.2. The van der Waals surface area contributed by atoms with Gasteiger partial charge in [0.25, 0.3) is 5.91 Å². The Morgan fingerprint density at radius 1 is 1.17 bits per heavy atom. The molecule has 0 saturated carbocycles. The number of rotatable bonds is 5. The Hall–Kier alpha value is -1.95. The smallest absolute Gasteiger partial charge is 0.274 e. The Labute approximate surface area is 145 Å². The van der Waals surface area contributed by atoms with E-state index in [4.69, 9.17) is 0 Å². The van der Waals surface area contributed by atoms with Gasteiger partial charge in [0.1, 0.15) is 17.3 Å². The van der Waals surface area contributed by atoms with E-state index < -0.39 is 0 Å².